The van der Waals surface area contributed by atoms with Crippen molar-refractivity contribution >= 4 is 29.3 Å². The van der Waals surface area contributed by atoms with Crippen LogP contribution in [-0.4, -0.2) is 46.5 Å². The Labute approximate surface area is 196 Å². The number of aliphatic hydroxyl groups excluding tert-OH is 1. The number of carbonyl (C=O) groups excluding carboxylic acids is 3. The molecule has 1 heterocycles. The predicted molar refractivity (Wildman–Crippen MR) is 121 cm³/mol. The highest BCUT2D eigenvalue weighted by Gasteiger charge is 2.49. The van der Waals surface area contributed by atoms with Crippen molar-refractivity contribution in [2.75, 3.05) is 0 Å². The van der Waals surface area contributed by atoms with Gasteiger partial charge in [-0.25, -0.2) is 0 Å². The molecular formula is C25H37ClO6. The van der Waals surface area contributed by atoms with Crippen LogP contribution in [0.2, 0.25) is 0 Å². The Morgan fingerprint density at radius 3 is 2.56 bits per heavy atom. The van der Waals surface area contributed by atoms with Gasteiger partial charge in [-0.05, 0) is 63.0 Å². The molecule has 0 amide bonds. The van der Waals surface area contributed by atoms with Crippen molar-refractivity contribution in [3.8, 4) is 0 Å². The molecule has 3 rings (SSSR count). The lowest BCUT2D eigenvalue weighted by Gasteiger charge is -2.47. The van der Waals surface area contributed by atoms with Crippen LogP contribution < -0.4 is 0 Å². The summed E-state index contributed by atoms with van der Waals surface area (Å²) in [5.41, 5.74) is 0.287. The number of hydrogen-bond acceptors (Lipinski definition) is 6. The number of cyclic esters (lactones) is 1. The number of halogens is 1. The Hall–Kier alpha value is -1.40. The van der Waals surface area contributed by atoms with E-state index in [4.69, 9.17) is 21.1 Å². The monoisotopic (exact) mass is 468 g/mol. The quantitative estimate of drug-likeness (QED) is 0.464. The second kappa shape index (κ2) is 9.84. The van der Waals surface area contributed by atoms with E-state index in [-0.39, 0.29) is 65.4 Å². The van der Waals surface area contributed by atoms with E-state index in [0.717, 1.165) is 5.57 Å². The van der Waals surface area contributed by atoms with Gasteiger partial charge >= 0.3 is 11.9 Å². The summed E-state index contributed by atoms with van der Waals surface area (Å²) in [4.78, 5) is 37.5. The van der Waals surface area contributed by atoms with E-state index >= 15 is 0 Å². The van der Waals surface area contributed by atoms with Gasteiger partial charge < -0.3 is 14.6 Å². The fourth-order valence-corrected chi connectivity index (χ4v) is 5.60. The van der Waals surface area contributed by atoms with Crippen LogP contribution in [0.1, 0.15) is 73.1 Å². The van der Waals surface area contributed by atoms with E-state index < -0.39 is 11.5 Å². The Morgan fingerprint density at radius 2 is 1.94 bits per heavy atom. The molecule has 0 spiro atoms. The van der Waals surface area contributed by atoms with Crippen LogP contribution in [-0.2, 0) is 23.9 Å². The molecule has 0 aromatic heterocycles. The van der Waals surface area contributed by atoms with Gasteiger partial charge in [0.05, 0.1) is 23.3 Å². The Bertz CT molecular complexity index is 774. The summed E-state index contributed by atoms with van der Waals surface area (Å²) >= 11 is 6.76. The predicted octanol–water partition coefficient (Wildman–Crippen LogP) is 4.21. The minimum absolute atomic E-state index is 0.0292. The largest absolute Gasteiger partial charge is 0.462 e. The first-order valence-electron chi connectivity index (χ1n) is 11.9. The average Bonchev–Trinajstić information content (AvgIpc) is 2.71. The molecule has 1 saturated carbocycles. The number of alkyl halides is 1. The molecule has 0 aromatic carbocycles. The summed E-state index contributed by atoms with van der Waals surface area (Å²) in [5.74, 6) is -0.941. The van der Waals surface area contributed by atoms with Gasteiger partial charge in [-0.2, -0.15) is 0 Å². The zero-order valence-electron chi connectivity index (χ0n) is 19.8. The van der Waals surface area contributed by atoms with E-state index in [9.17, 15) is 19.5 Å². The maximum atomic E-state index is 12.9. The maximum absolute atomic E-state index is 12.9. The van der Waals surface area contributed by atoms with Crippen LogP contribution in [0.15, 0.2) is 11.6 Å². The van der Waals surface area contributed by atoms with Crippen molar-refractivity contribution in [3.63, 3.8) is 0 Å². The number of carbonyl (C=O) groups is 3. The number of hydrogen-bond donors (Lipinski definition) is 1. The molecule has 8 atom stereocenters. The van der Waals surface area contributed by atoms with Gasteiger partial charge in [0.2, 0.25) is 0 Å². The molecule has 180 valence electrons. The molecule has 1 N–H and O–H groups in total. The summed E-state index contributed by atoms with van der Waals surface area (Å²) in [6.07, 6.45) is 3.23. The lowest BCUT2D eigenvalue weighted by Crippen LogP contribution is -2.49. The fourth-order valence-electron chi connectivity index (χ4n) is 5.28. The summed E-state index contributed by atoms with van der Waals surface area (Å²) in [6.45, 7) is 9.68. The van der Waals surface area contributed by atoms with Crippen molar-refractivity contribution in [3.05, 3.63) is 11.6 Å². The van der Waals surface area contributed by atoms with Crippen LogP contribution in [0.25, 0.3) is 0 Å². The van der Waals surface area contributed by atoms with Crippen molar-refractivity contribution in [1.82, 2.24) is 0 Å². The number of esters is 2. The number of aliphatic hydroxyl groups is 1. The number of ether oxygens (including phenoxy) is 2. The molecule has 2 fully saturated rings. The maximum Gasteiger partial charge on any atom is 0.311 e. The topological polar surface area (TPSA) is 89.9 Å². The third-order valence-electron chi connectivity index (χ3n) is 7.82. The van der Waals surface area contributed by atoms with Crippen LogP contribution in [0.5, 0.6) is 0 Å². The Balaban J connectivity index is 1.84. The SMILES string of the molecule is CCC(C)(C)C(=O)O[C@H]1CC(C)[C@H](Cl)C2=CC(=O)[C@H](C)[C@H](CC[C@@H]3C[C@@H](O)CC(=O)O3)[C@H]21. The Kier molecular flexibility index (Phi) is 7.76. The number of fused-ring (bicyclic) bond motifs is 1. The molecule has 2 aliphatic carbocycles. The first-order valence-corrected chi connectivity index (χ1v) is 12.4. The molecule has 1 unspecified atom stereocenters. The second-order valence-corrected chi connectivity index (χ2v) is 11.1. The zero-order valence-corrected chi connectivity index (χ0v) is 20.6. The third-order valence-corrected chi connectivity index (χ3v) is 8.50. The highest BCUT2D eigenvalue weighted by Crippen LogP contribution is 2.49. The van der Waals surface area contributed by atoms with E-state index in [1.54, 1.807) is 6.08 Å². The summed E-state index contributed by atoms with van der Waals surface area (Å²) in [6, 6.07) is 0. The van der Waals surface area contributed by atoms with Crippen molar-refractivity contribution in [2.45, 2.75) is 96.8 Å². The molecule has 32 heavy (non-hydrogen) atoms. The van der Waals surface area contributed by atoms with E-state index in [2.05, 4.69) is 0 Å². The lowest BCUT2D eigenvalue weighted by molar-refractivity contribution is -0.167. The average molecular weight is 469 g/mol. The highest BCUT2D eigenvalue weighted by molar-refractivity contribution is 6.23. The van der Waals surface area contributed by atoms with Crippen LogP contribution >= 0.6 is 11.6 Å². The molecule has 0 bridgehead atoms. The van der Waals surface area contributed by atoms with Gasteiger partial charge in [0.25, 0.3) is 0 Å². The van der Waals surface area contributed by atoms with Gasteiger partial charge in [0.15, 0.2) is 5.78 Å². The summed E-state index contributed by atoms with van der Waals surface area (Å²) < 4.78 is 11.5. The third kappa shape index (κ3) is 5.22. The van der Waals surface area contributed by atoms with Crippen LogP contribution in [0.4, 0.5) is 0 Å². The van der Waals surface area contributed by atoms with Gasteiger partial charge in [-0.15, -0.1) is 11.6 Å². The van der Waals surface area contributed by atoms with Crippen molar-refractivity contribution in [1.29, 1.82) is 0 Å². The number of rotatable bonds is 6. The molecule has 1 saturated heterocycles. The minimum atomic E-state index is -0.685. The molecule has 0 aromatic rings. The van der Waals surface area contributed by atoms with Gasteiger partial charge in [0.1, 0.15) is 12.2 Å². The molecule has 0 radical (unpaired) electrons. The fraction of sp³-hybridized carbons (Fsp3) is 0.800. The number of ketones is 1. The minimum Gasteiger partial charge on any atom is -0.462 e. The molecular weight excluding hydrogens is 432 g/mol. The van der Waals surface area contributed by atoms with Crippen molar-refractivity contribution in [2.24, 2.45) is 29.1 Å². The molecule has 6 nitrogen and oxygen atoms in total. The van der Waals surface area contributed by atoms with Crippen LogP contribution in [0.3, 0.4) is 0 Å². The molecule has 7 heteroatoms. The smallest absolute Gasteiger partial charge is 0.311 e. The van der Waals surface area contributed by atoms with Crippen molar-refractivity contribution < 1.29 is 29.0 Å². The number of allylic oxidation sites excluding steroid dienone is 1. The zero-order chi connectivity index (χ0) is 23.8. The first kappa shape index (κ1) is 25.2. The van der Waals surface area contributed by atoms with Gasteiger partial charge in [-0.3, -0.25) is 14.4 Å². The van der Waals surface area contributed by atoms with Crippen LogP contribution in [0, 0.1) is 29.1 Å². The normalized spacial score (nSPS) is 37.9. The Morgan fingerprint density at radius 1 is 1.25 bits per heavy atom. The van der Waals surface area contributed by atoms with E-state index in [0.29, 0.717) is 32.1 Å². The molecule has 3 aliphatic rings. The standard InChI is InChI=1S/C25H37ClO6/c1-6-25(4,5)24(30)32-20-9-13(2)23(26)18-12-19(28)14(3)17(22(18)20)8-7-16-10-15(27)11-21(29)31-16/h12-17,20,22-23,27H,6-11H2,1-5H3/t13?,14-,15-,16-,17+,20+,22-,23+/m1/s1. The molecule has 1 aliphatic heterocycles. The highest BCUT2D eigenvalue weighted by atomic mass is 35.5. The van der Waals surface area contributed by atoms with Gasteiger partial charge in [-0.1, -0.05) is 20.8 Å². The van der Waals surface area contributed by atoms with E-state index in [1.165, 1.54) is 0 Å². The summed E-state index contributed by atoms with van der Waals surface area (Å²) in [7, 11) is 0. The summed E-state index contributed by atoms with van der Waals surface area (Å²) in [5, 5.41) is 9.66. The lowest BCUT2D eigenvalue weighted by atomic mass is 9.62. The van der Waals surface area contributed by atoms with E-state index in [1.807, 2.05) is 34.6 Å². The first-order chi connectivity index (χ1) is 14.9. The van der Waals surface area contributed by atoms with Gasteiger partial charge in [0, 0.05) is 18.3 Å². The second-order valence-electron chi connectivity index (χ2n) is 10.6.